The third-order valence-electron chi connectivity index (χ3n) is 4.86. The predicted molar refractivity (Wildman–Crippen MR) is 112 cm³/mol. The highest BCUT2D eigenvalue weighted by atomic mass is 16.6. The normalized spacial score (nSPS) is 17.8. The van der Waals surface area contributed by atoms with Crippen LogP contribution in [0.1, 0.15) is 17.5 Å². The summed E-state index contributed by atoms with van der Waals surface area (Å²) in [5, 5.41) is 5.42. The van der Waals surface area contributed by atoms with Crippen molar-refractivity contribution in [1.82, 2.24) is 10.6 Å². The zero-order chi connectivity index (χ0) is 22.1. The van der Waals surface area contributed by atoms with Crippen LogP contribution in [0, 0.1) is 0 Å². The molecule has 2 aromatic carbocycles. The molecule has 0 spiro atoms. The Morgan fingerprint density at radius 1 is 0.968 bits per heavy atom. The van der Waals surface area contributed by atoms with Gasteiger partial charge in [0.1, 0.15) is 18.8 Å². The lowest BCUT2D eigenvalue weighted by Crippen LogP contribution is -2.49. The summed E-state index contributed by atoms with van der Waals surface area (Å²) in [5.74, 6) is -0.712. The van der Waals surface area contributed by atoms with Gasteiger partial charge in [0.2, 0.25) is 5.91 Å². The van der Waals surface area contributed by atoms with Crippen molar-refractivity contribution in [2.24, 2.45) is 0 Å². The van der Waals surface area contributed by atoms with E-state index in [0.29, 0.717) is 6.42 Å². The highest BCUT2D eigenvalue weighted by Gasteiger charge is 2.41. The monoisotopic (exact) mass is 426 g/mol. The third-order valence-corrected chi connectivity index (χ3v) is 4.86. The fourth-order valence-corrected chi connectivity index (χ4v) is 3.08. The second-order valence-corrected chi connectivity index (χ2v) is 7.19. The largest absolute Gasteiger partial charge is 0.469 e. The van der Waals surface area contributed by atoms with Gasteiger partial charge in [-0.2, -0.15) is 0 Å². The Balaban J connectivity index is 1.52. The number of rotatable bonds is 10. The molecule has 1 aliphatic rings. The number of carbonyl (C=O) groups excluding carboxylic acids is 3. The number of benzene rings is 2. The Labute approximate surface area is 180 Å². The highest BCUT2D eigenvalue weighted by molar-refractivity contribution is 5.86. The first-order valence-corrected chi connectivity index (χ1v) is 10.1. The predicted octanol–water partition coefficient (Wildman–Crippen LogP) is 1.97. The van der Waals surface area contributed by atoms with Crippen molar-refractivity contribution in [2.75, 3.05) is 13.7 Å². The van der Waals surface area contributed by atoms with Crippen molar-refractivity contribution in [1.29, 1.82) is 0 Å². The maximum atomic E-state index is 12.7. The van der Waals surface area contributed by atoms with Gasteiger partial charge in [-0.25, -0.2) is 4.79 Å². The van der Waals surface area contributed by atoms with Crippen molar-refractivity contribution >= 4 is 18.0 Å². The summed E-state index contributed by atoms with van der Waals surface area (Å²) < 4.78 is 15.2. The summed E-state index contributed by atoms with van der Waals surface area (Å²) in [7, 11) is 1.32. The van der Waals surface area contributed by atoms with Crippen LogP contribution in [0.2, 0.25) is 0 Å². The topological polar surface area (TPSA) is 106 Å². The van der Waals surface area contributed by atoms with Gasteiger partial charge in [0.15, 0.2) is 0 Å². The van der Waals surface area contributed by atoms with E-state index < -0.39 is 12.1 Å². The first kappa shape index (κ1) is 22.3. The molecule has 1 fully saturated rings. The molecular weight excluding hydrogens is 400 g/mol. The lowest BCUT2D eigenvalue weighted by atomic mass is 10.1. The van der Waals surface area contributed by atoms with Gasteiger partial charge in [0.05, 0.1) is 19.6 Å². The molecule has 2 N–H and O–H groups in total. The number of nitrogens with one attached hydrogen (secondary N) is 2. The molecule has 2 aromatic rings. The van der Waals surface area contributed by atoms with Crippen LogP contribution in [0.25, 0.3) is 0 Å². The van der Waals surface area contributed by atoms with Gasteiger partial charge in [0, 0.05) is 13.0 Å². The summed E-state index contributed by atoms with van der Waals surface area (Å²) in [6, 6.07) is 17.9. The number of amides is 2. The molecule has 3 atom stereocenters. The minimum absolute atomic E-state index is 0.109. The zero-order valence-corrected chi connectivity index (χ0v) is 17.3. The van der Waals surface area contributed by atoms with Gasteiger partial charge < -0.3 is 24.8 Å². The van der Waals surface area contributed by atoms with E-state index in [-0.39, 0.29) is 43.7 Å². The first-order valence-electron chi connectivity index (χ1n) is 10.1. The molecule has 0 radical (unpaired) electrons. The summed E-state index contributed by atoms with van der Waals surface area (Å²) in [6.07, 6.45) is -0.723. The van der Waals surface area contributed by atoms with Crippen LogP contribution >= 0.6 is 0 Å². The number of carbonyl (C=O) groups is 3. The maximum Gasteiger partial charge on any atom is 0.408 e. The maximum absolute atomic E-state index is 12.7. The molecule has 3 rings (SSSR count). The number of methoxy groups -OCH3 is 1. The molecule has 0 aliphatic carbocycles. The number of esters is 1. The van der Waals surface area contributed by atoms with Crippen LogP contribution in [-0.2, 0) is 36.8 Å². The molecule has 31 heavy (non-hydrogen) atoms. The molecule has 0 unspecified atom stereocenters. The summed E-state index contributed by atoms with van der Waals surface area (Å²) in [6.45, 7) is 0.351. The Bertz CT molecular complexity index is 874. The Morgan fingerprint density at radius 3 is 2.26 bits per heavy atom. The van der Waals surface area contributed by atoms with Gasteiger partial charge in [-0.15, -0.1) is 0 Å². The van der Waals surface area contributed by atoms with Crippen molar-refractivity contribution in [3.8, 4) is 0 Å². The average Bonchev–Trinajstić information content (AvgIpc) is 3.54. The van der Waals surface area contributed by atoms with Crippen LogP contribution in [0.15, 0.2) is 60.7 Å². The standard InChI is InChI=1S/C23H26N2O6/c1-29-21(26)13-19-20(31-19)14-24-22(27)18(12-16-8-4-2-5-9-16)25-23(28)30-15-17-10-6-3-7-11-17/h2-11,18-20H,12-15H2,1H3,(H,24,27)(H,25,28)/t18-,19+,20-/m0/s1. The minimum atomic E-state index is -0.816. The molecule has 164 valence electrons. The third kappa shape index (κ3) is 7.42. The van der Waals surface area contributed by atoms with Crippen LogP contribution < -0.4 is 10.6 Å². The van der Waals surface area contributed by atoms with Crippen LogP contribution in [0.4, 0.5) is 4.79 Å². The molecule has 1 saturated heterocycles. The van der Waals surface area contributed by atoms with E-state index >= 15 is 0 Å². The molecule has 0 aromatic heterocycles. The van der Waals surface area contributed by atoms with E-state index in [4.69, 9.17) is 9.47 Å². The van der Waals surface area contributed by atoms with Crippen LogP contribution in [0.5, 0.6) is 0 Å². The second-order valence-electron chi connectivity index (χ2n) is 7.19. The zero-order valence-electron chi connectivity index (χ0n) is 17.3. The molecule has 2 amide bonds. The van der Waals surface area contributed by atoms with Gasteiger partial charge >= 0.3 is 12.1 Å². The van der Waals surface area contributed by atoms with Crippen molar-refractivity contribution in [3.63, 3.8) is 0 Å². The Kier molecular flexibility index (Phi) is 8.00. The van der Waals surface area contributed by atoms with E-state index in [2.05, 4.69) is 15.4 Å². The summed E-state index contributed by atoms with van der Waals surface area (Å²) >= 11 is 0. The quantitative estimate of drug-likeness (QED) is 0.444. The number of hydrogen-bond donors (Lipinski definition) is 2. The van der Waals surface area contributed by atoms with Crippen LogP contribution in [0.3, 0.4) is 0 Å². The first-order chi connectivity index (χ1) is 15.0. The second kappa shape index (κ2) is 11.1. The molecule has 1 heterocycles. The molecule has 8 heteroatoms. The molecule has 1 aliphatic heterocycles. The molecular formula is C23H26N2O6. The average molecular weight is 426 g/mol. The summed E-state index contributed by atoms with van der Waals surface area (Å²) in [4.78, 5) is 36.3. The van der Waals surface area contributed by atoms with E-state index in [1.54, 1.807) is 0 Å². The van der Waals surface area contributed by atoms with Crippen LogP contribution in [-0.4, -0.2) is 49.9 Å². The smallest absolute Gasteiger partial charge is 0.408 e. The number of hydrogen-bond acceptors (Lipinski definition) is 6. The Hall–Kier alpha value is -3.39. The minimum Gasteiger partial charge on any atom is -0.469 e. The molecule has 0 saturated carbocycles. The lowest BCUT2D eigenvalue weighted by Gasteiger charge is -2.18. The van der Waals surface area contributed by atoms with Crippen molar-refractivity contribution < 1.29 is 28.6 Å². The van der Waals surface area contributed by atoms with E-state index in [0.717, 1.165) is 11.1 Å². The van der Waals surface area contributed by atoms with Crippen molar-refractivity contribution in [3.05, 3.63) is 71.8 Å². The van der Waals surface area contributed by atoms with Gasteiger partial charge in [-0.1, -0.05) is 60.7 Å². The fraction of sp³-hybridized carbons (Fsp3) is 0.348. The number of alkyl carbamates (subject to hydrolysis) is 1. The van der Waals surface area contributed by atoms with Gasteiger partial charge in [0.25, 0.3) is 0 Å². The van der Waals surface area contributed by atoms with E-state index in [1.165, 1.54) is 7.11 Å². The van der Waals surface area contributed by atoms with Gasteiger partial charge in [-0.3, -0.25) is 9.59 Å². The van der Waals surface area contributed by atoms with E-state index in [9.17, 15) is 14.4 Å². The van der Waals surface area contributed by atoms with Crippen molar-refractivity contribution in [2.45, 2.75) is 37.7 Å². The Morgan fingerprint density at radius 2 is 1.61 bits per heavy atom. The highest BCUT2D eigenvalue weighted by Crippen LogP contribution is 2.24. The number of ether oxygens (including phenoxy) is 3. The molecule has 0 bridgehead atoms. The van der Waals surface area contributed by atoms with E-state index in [1.807, 2.05) is 60.7 Å². The summed E-state index contributed by atoms with van der Waals surface area (Å²) in [5.41, 5.74) is 1.75. The number of epoxide rings is 1. The lowest BCUT2D eigenvalue weighted by molar-refractivity contribution is -0.141. The molecule has 8 nitrogen and oxygen atoms in total. The fourth-order valence-electron chi connectivity index (χ4n) is 3.08. The SMILES string of the molecule is COC(=O)C[C@H]1O[C@H]1CNC(=O)[C@H](Cc1ccccc1)NC(=O)OCc1ccccc1. The van der Waals surface area contributed by atoms with Gasteiger partial charge in [-0.05, 0) is 11.1 Å².